The third-order valence-corrected chi connectivity index (χ3v) is 1.93. The molecule has 0 unspecified atom stereocenters. The summed E-state index contributed by atoms with van der Waals surface area (Å²) in [5.41, 5.74) is 8.98. The van der Waals surface area contributed by atoms with Crippen LogP contribution >= 0.6 is 0 Å². The van der Waals surface area contributed by atoms with Gasteiger partial charge in [-0.2, -0.15) is 0 Å². The quantitative estimate of drug-likeness (QED) is 0.464. The van der Waals surface area contributed by atoms with Crippen molar-refractivity contribution in [3.05, 3.63) is 40.3 Å². The summed E-state index contributed by atoms with van der Waals surface area (Å²) in [7, 11) is 1.59. The summed E-state index contributed by atoms with van der Waals surface area (Å²) < 4.78 is 5.01. The minimum absolute atomic E-state index is 0.174. The van der Waals surface area contributed by atoms with Crippen molar-refractivity contribution < 1.29 is 9.53 Å². The Labute approximate surface area is 92.8 Å². The first kappa shape index (κ1) is 11.9. The third-order valence-electron chi connectivity index (χ3n) is 1.93. The van der Waals surface area contributed by atoms with Crippen LogP contribution in [0.3, 0.4) is 0 Å². The molecule has 0 bridgehead atoms. The highest BCUT2D eigenvalue weighted by Crippen LogP contribution is 2.10. The van der Waals surface area contributed by atoms with Crippen LogP contribution in [0.5, 0.6) is 5.75 Å². The molecule has 6 nitrogen and oxygen atoms in total. The Morgan fingerprint density at radius 2 is 2.19 bits per heavy atom. The fourth-order valence-corrected chi connectivity index (χ4v) is 1.10. The van der Waals surface area contributed by atoms with Crippen LogP contribution in [-0.2, 0) is 11.3 Å². The molecule has 0 saturated carbocycles. The largest absolute Gasteiger partial charge is 0.497 e. The number of benzene rings is 1. The lowest BCUT2D eigenvalue weighted by Gasteiger charge is -2.04. The normalized spacial score (nSPS) is 9.06. The number of hydrogen-bond donors (Lipinski definition) is 1. The Kier molecular flexibility index (Phi) is 4.69. The molecule has 0 aliphatic heterocycles. The first-order valence-electron chi connectivity index (χ1n) is 4.66. The second-order valence-corrected chi connectivity index (χ2v) is 3.01. The minimum Gasteiger partial charge on any atom is -0.497 e. The van der Waals surface area contributed by atoms with Crippen molar-refractivity contribution in [1.82, 2.24) is 5.32 Å². The van der Waals surface area contributed by atoms with E-state index in [4.69, 9.17) is 10.3 Å². The molecule has 0 aliphatic rings. The van der Waals surface area contributed by atoms with Crippen LogP contribution < -0.4 is 10.1 Å². The Morgan fingerprint density at radius 3 is 2.75 bits per heavy atom. The number of ether oxygens (including phenoxy) is 1. The molecule has 1 aromatic rings. The van der Waals surface area contributed by atoms with E-state index >= 15 is 0 Å². The number of azide groups is 1. The number of amides is 1. The molecule has 0 atom stereocenters. The van der Waals surface area contributed by atoms with E-state index in [1.807, 2.05) is 24.3 Å². The summed E-state index contributed by atoms with van der Waals surface area (Å²) in [6.45, 7) is 0.233. The number of carbonyl (C=O) groups excluding carboxylic acids is 1. The Hall–Kier alpha value is -2.20. The van der Waals surface area contributed by atoms with E-state index in [0.717, 1.165) is 11.3 Å². The topological polar surface area (TPSA) is 87.1 Å². The van der Waals surface area contributed by atoms with Gasteiger partial charge in [0.25, 0.3) is 0 Å². The molecule has 0 spiro atoms. The summed E-state index contributed by atoms with van der Waals surface area (Å²) in [6, 6.07) is 7.34. The van der Waals surface area contributed by atoms with Gasteiger partial charge in [-0.25, -0.2) is 0 Å². The molecule has 1 amide bonds. The van der Waals surface area contributed by atoms with Crippen LogP contribution in [0.2, 0.25) is 0 Å². The zero-order valence-corrected chi connectivity index (χ0v) is 8.88. The van der Waals surface area contributed by atoms with E-state index in [1.54, 1.807) is 7.11 Å². The molecule has 0 saturated heterocycles. The molecule has 0 fully saturated rings. The molecule has 16 heavy (non-hydrogen) atoms. The van der Waals surface area contributed by atoms with E-state index in [2.05, 4.69) is 15.3 Å². The molecule has 6 heteroatoms. The van der Waals surface area contributed by atoms with Crippen molar-refractivity contribution in [2.75, 3.05) is 13.7 Å². The van der Waals surface area contributed by atoms with Gasteiger partial charge in [-0.1, -0.05) is 17.2 Å². The van der Waals surface area contributed by atoms with E-state index in [0.29, 0.717) is 6.54 Å². The average molecular weight is 220 g/mol. The molecule has 1 N–H and O–H groups in total. The summed E-state index contributed by atoms with van der Waals surface area (Å²) in [6.07, 6.45) is 0. The van der Waals surface area contributed by atoms with Gasteiger partial charge >= 0.3 is 0 Å². The van der Waals surface area contributed by atoms with E-state index in [1.165, 1.54) is 0 Å². The number of nitrogens with zero attached hydrogens (tertiary/aromatic N) is 3. The van der Waals surface area contributed by atoms with Gasteiger partial charge in [0.15, 0.2) is 0 Å². The second-order valence-electron chi connectivity index (χ2n) is 3.01. The maximum Gasteiger partial charge on any atom is 0.226 e. The number of methoxy groups -OCH3 is 1. The number of hydrogen-bond acceptors (Lipinski definition) is 3. The Morgan fingerprint density at radius 1 is 1.50 bits per heavy atom. The predicted octanol–water partition coefficient (Wildman–Crippen LogP) is 1.62. The molecule has 0 heterocycles. The first-order chi connectivity index (χ1) is 7.76. The highest BCUT2D eigenvalue weighted by atomic mass is 16.5. The standard InChI is InChI=1S/C10H12N4O2/c1-16-9-4-2-8(3-5-9)6-12-10(15)7-13-14-11/h2-5H,6-7H2,1H3,(H,12,15). The maximum absolute atomic E-state index is 11.1. The predicted molar refractivity (Wildman–Crippen MR) is 58.9 cm³/mol. The highest BCUT2D eigenvalue weighted by Gasteiger charge is 1.99. The van der Waals surface area contributed by atoms with Crippen molar-refractivity contribution in [2.45, 2.75) is 6.54 Å². The van der Waals surface area contributed by atoms with Gasteiger partial charge in [0.1, 0.15) is 12.3 Å². The molecule has 1 rings (SSSR count). The lowest BCUT2D eigenvalue weighted by molar-refractivity contribution is -0.119. The molecule has 0 aromatic heterocycles. The van der Waals surface area contributed by atoms with E-state index in [-0.39, 0.29) is 12.5 Å². The fourth-order valence-electron chi connectivity index (χ4n) is 1.10. The SMILES string of the molecule is COc1ccc(CNC(=O)CN=[N+]=[N-])cc1. The smallest absolute Gasteiger partial charge is 0.226 e. The average Bonchev–Trinajstić information content (AvgIpc) is 2.34. The lowest BCUT2D eigenvalue weighted by atomic mass is 10.2. The van der Waals surface area contributed by atoms with Gasteiger partial charge in [0.2, 0.25) is 5.91 Å². The van der Waals surface area contributed by atoms with Crippen LogP contribution in [-0.4, -0.2) is 19.6 Å². The fraction of sp³-hybridized carbons (Fsp3) is 0.300. The van der Waals surface area contributed by atoms with Crippen molar-refractivity contribution in [2.24, 2.45) is 5.11 Å². The van der Waals surface area contributed by atoms with Crippen molar-refractivity contribution in [3.8, 4) is 5.75 Å². The summed E-state index contributed by atoms with van der Waals surface area (Å²) in [5.74, 6) is 0.470. The zero-order valence-electron chi connectivity index (χ0n) is 8.88. The van der Waals surface area contributed by atoms with Crippen LogP contribution in [0.1, 0.15) is 5.56 Å². The first-order valence-corrected chi connectivity index (χ1v) is 4.66. The third kappa shape index (κ3) is 3.89. The van der Waals surface area contributed by atoms with Crippen molar-refractivity contribution in [3.63, 3.8) is 0 Å². The monoisotopic (exact) mass is 220 g/mol. The number of carbonyl (C=O) groups is 1. The van der Waals surface area contributed by atoms with Gasteiger partial charge in [0, 0.05) is 11.5 Å². The summed E-state index contributed by atoms with van der Waals surface area (Å²) >= 11 is 0. The molecule has 1 aromatic carbocycles. The van der Waals surface area contributed by atoms with E-state index < -0.39 is 0 Å². The second kappa shape index (κ2) is 6.31. The van der Waals surface area contributed by atoms with Crippen LogP contribution in [0, 0.1) is 0 Å². The Balaban J connectivity index is 2.42. The lowest BCUT2D eigenvalue weighted by Crippen LogP contribution is -2.24. The maximum atomic E-state index is 11.1. The van der Waals surface area contributed by atoms with Gasteiger partial charge in [-0.3, -0.25) is 4.79 Å². The van der Waals surface area contributed by atoms with Crippen LogP contribution in [0.4, 0.5) is 0 Å². The number of nitrogens with one attached hydrogen (secondary N) is 1. The molecular formula is C10H12N4O2. The van der Waals surface area contributed by atoms with E-state index in [9.17, 15) is 4.79 Å². The van der Waals surface area contributed by atoms with Gasteiger partial charge in [-0.15, -0.1) is 0 Å². The molecule has 0 aliphatic carbocycles. The van der Waals surface area contributed by atoms with Crippen molar-refractivity contribution in [1.29, 1.82) is 0 Å². The van der Waals surface area contributed by atoms with Crippen LogP contribution in [0.25, 0.3) is 10.4 Å². The van der Waals surface area contributed by atoms with Gasteiger partial charge in [-0.05, 0) is 23.2 Å². The molecule has 84 valence electrons. The van der Waals surface area contributed by atoms with Crippen molar-refractivity contribution >= 4 is 5.91 Å². The number of rotatable bonds is 5. The highest BCUT2D eigenvalue weighted by molar-refractivity contribution is 5.78. The summed E-state index contributed by atoms with van der Waals surface area (Å²) in [5, 5.41) is 5.79. The minimum atomic E-state index is -0.298. The molecular weight excluding hydrogens is 208 g/mol. The van der Waals surface area contributed by atoms with Crippen LogP contribution in [0.15, 0.2) is 29.4 Å². The summed E-state index contributed by atoms with van der Waals surface area (Å²) in [4.78, 5) is 13.6. The Bertz CT molecular complexity index is 396. The van der Waals surface area contributed by atoms with Gasteiger partial charge < -0.3 is 10.1 Å². The molecule has 0 radical (unpaired) electrons. The zero-order chi connectivity index (χ0) is 11.8. The van der Waals surface area contributed by atoms with Gasteiger partial charge in [0.05, 0.1) is 7.11 Å².